The molecule has 1 heterocycles. The van der Waals surface area contributed by atoms with E-state index < -0.39 is 0 Å². The largest absolute Gasteiger partial charge is 0.493 e. The van der Waals surface area contributed by atoms with Gasteiger partial charge in [-0.15, -0.1) is 0 Å². The number of carbonyl (C=O) groups is 1. The number of hydrogen-bond acceptors (Lipinski definition) is 3. The molecule has 1 amide bonds. The molecule has 0 spiro atoms. The maximum absolute atomic E-state index is 11.9. The van der Waals surface area contributed by atoms with Gasteiger partial charge in [-0.05, 0) is 24.6 Å². The molecule has 0 saturated carbocycles. The number of benzene rings is 1. The van der Waals surface area contributed by atoms with Crippen LogP contribution in [0.5, 0.6) is 5.75 Å². The van der Waals surface area contributed by atoms with Crippen LogP contribution in [0.15, 0.2) is 41.1 Å². The van der Waals surface area contributed by atoms with E-state index in [1.165, 1.54) is 0 Å². The molecule has 0 bridgehead atoms. The van der Waals surface area contributed by atoms with Crippen molar-refractivity contribution in [2.75, 3.05) is 6.61 Å². The van der Waals surface area contributed by atoms with Crippen LogP contribution in [0.3, 0.4) is 0 Å². The minimum atomic E-state index is -0.0848. The molecule has 2 aromatic rings. The summed E-state index contributed by atoms with van der Waals surface area (Å²) in [6.45, 7) is 2.35. The van der Waals surface area contributed by atoms with Crippen LogP contribution >= 0.6 is 15.9 Å². The smallest absolute Gasteiger partial charge is 0.224 e. The first kappa shape index (κ1) is 15.6. The molecule has 2 rings (SSSR count). The molecule has 1 aromatic carbocycles. The third-order valence-corrected chi connectivity index (χ3v) is 3.48. The number of ether oxygens (including phenoxy) is 1. The van der Waals surface area contributed by atoms with Crippen molar-refractivity contribution in [2.45, 2.75) is 25.8 Å². The number of aromatic amines is 1. The molecule has 0 radical (unpaired) electrons. The van der Waals surface area contributed by atoms with Crippen molar-refractivity contribution in [3.8, 4) is 5.75 Å². The first-order valence-corrected chi connectivity index (χ1v) is 7.65. The summed E-state index contributed by atoms with van der Waals surface area (Å²) in [5, 5.41) is 2.94. The van der Waals surface area contributed by atoms with E-state index in [-0.39, 0.29) is 11.9 Å². The van der Waals surface area contributed by atoms with Crippen molar-refractivity contribution >= 4 is 21.8 Å². The maximum Gasteiger partial charge on any atom is 0.224 e. The monoisotopic (exact) mass is 351 g/mol. The third-order valence-electron chi connectivity index (χ3n) is 2.99. The summed E-state index contributed by atoms with van der Waals surface area (Å²) in [5.41, 5.74) is 0. The SMILES string of the molecule is CCC(NC(=O)CCOc1cccc(Br)c1)c1ncc[nH]1. The second-order valence-corrected chi connectivity index (χ2v) is 5.47. The van der Waals surface area contributed by atoms with Gasteiger partial charge in [-0.1, -0.05) is 28.9 Å². The maximum atomic E-state index is 11.9. The number of carbonyl (C=O) groups excluding carboxylic acids is 1. The molecule has 0 aliphatic carbocycles. The summed E-state index contributed by atoms with van der Waals surface area (Å²) in [7, 11) is 0. The fourth-order valence-electron chi connectivity index (χ4n) is 1.92. The number of nitrogens with zero attached hydrogens (tertiary/aromatic N) is 1. The fraction of sp³-hybridized carbons (Fsp3) is 0.333. The number of amides is 1. The van der Waals surface area contributed by atoms with Gasteiger partial charge in [0.15, 0.2) is 0 Å². The van der Waals surface area contributed by atoms with Gasteiger partial charge >= 0.3 is 0 Å². The first-order chi connectivity index (χ1) is 10.2. The first-order valence-electron chi connectivity index (χ1n) is 6.86. The Morgan fingerprint density at radius 2 is 2.38 bits per heavy atom. The van der Waals surface area contributed by atoms with Crippen molar-refractivity contribution in [1.29, 1.82) is 0 Å². The van der Waals surface area contributed by atoms with Crippen molar-refractivity contribution in [3.05, 3.63) is 47.0 Å². The lowest BCUT2D eigenvalue weighted by molar-refractivity contribution is -0.122. The third kappa shape index (κ3) is 4.90. The number of imidazole rings is 1. The Bertz CT molecular complexity index is 572. The van der Waals surface area contributed by atoms with Gasteiger partial charge in [-0.2, -0.15) is 0 Å². The molecule has 1 unspecified atom stereocenters. The van der Waals surface area contributed by atoms with Gasteiger partial charge in [0, 0.05) is 16.9 Å². The molecule has 1 atom stereocenters. The number of nitrogens with one attached hydrogen (secondary N) is 2. The average Bonchev–Trinajstić information content (AvgIpc) is 2.99. The van der Waals surface area contributed by atoms with Crippen molar-refractivity contribution < 1.29 is 9.53 Å². The van der Waals surface area contributed by atoms with E-state index in [9.17, 15) is 4.79 Å². The highest BCUT2D eigenvalue weighted by Gasteiger charge is 2.14. The van der Waals surface area contributed by atoms with Gasteiger partial charge in [-0.25, -0.2) is 4.98 Å². The highest BCUT2D eigenvalue weighted by atomic mass is 79.9. The highest BCUT2D eigenvalue weighted by Crippen LogP contribution is 2.18. The van der Waals surface area contributed by atoms with E-state index in [1.54, 1.807) is 12.4 Å². The second kappa shape index (κ2) is 7.83. The topological polar surface area (TPSA) is 67.0 Å². The standard InChI is InChI=1S/C15H18BrN3O2/c1-2-13(15-17-7-8-18-15)19-14(20)6-9-21-12-5-3-4-11(16)10-12/h3-5,7-8,10,13H,2,6,9H2,1H3,(H,17,18)(H,19,20). The van der Waals surface area contributed by atoms with Gasteiger partial charge < -0.3 is 15.0 Å². The lowest BCUT2D eigenvalue weighted by Crippen LogP contribution is -2.29. The zero-order valence-corrected chi connectivity index (χ0v) is 13.4. The van der Waals surface area contributed by atoms with E-state index in [1.807, 2.05) is 31.2 Å². The number of hydrogen-bond donors (Lipinski definition) is 2. The normalized spacial score (nSPS) is 11.9. The van der Waals surface area contributed by atoms with Crippen LogP contribution in [0.25, 0.3) is 0 Å². The summed E-state index contributed by atoms with van der Waals surface area (Å²) in [4.78, 5) is 19.1. The average molecular weight is 352 g/mol. The van der Waals surface area contributed by atoms with Gasteiger partial charge in [0.25, 0.3) is 0 Å². The van der Waals surface area contributed by atoms with Crippen LogP contribution in [-0.4, -0.2) is 22.5 Å². The number of H-pyrrole nitrogens is 1. The van der Waals surface area contributed by atoms with Gasteiger partial charge in [0.2, 0.25) is 5.91 Å². The number of halogens is 1. The van der Waals surface area contributed by atoms with Crippen LogP contribution in [0.2, 0.25) is 0 Å². The quantitative estimate of drug-likeness (QED) is 0.804. The van der Waals surface area contributed by atoms with Crippen molar-refractivity contribution in [1.82, 2.24) is 15.3 Å². The zero-order chi connectivity index (χ0) is 15.1. The summed E-state index contributed by atoms with van der Waals surface area (Å²) in [6.07, 6.45) is 4.52. The Morgan fingerprint density at radius 1 is 1.52 bits per heavy atom. The summed E-state index contributed by atoms with van der Waals surface area (Å²) in [5.74, 6) is 1.47. The molecule has 5 nitrogen and oxygen atoms in total. The molecule has 1 aromatic heterocycles. The Balaban J connectivity index is 1.77. The Kier molecular flexibility index (Phi) is 5.80. The van der Waals surface area contributed by atoms with Crippen LogP contribution in [-0.2, 0) is 4.79 Å². The molecule has 2 N–H and O–H groups in total. The molecule has 0 aliphatic heterocycles. The van der Waals surface area contributed by atoms with E-state index >= 15 is 0 Å². The molecular formula is C15H18BrN3O2. The Labute approximate surface area is 132 Å². The van der Waals surface area contributed by atoms with Crippen molar-refractivity contribution in [2.24, 2.45) is 0 Å². The molecule has 6 heteroatoms. The molecule has 112 valence electrons. The van der Waals surface area contributed by atoms with Gasteiger partial charge in [0.1, 0.15) is 11.6 Å². The summed E-state index contributed by atoms with van der Waals surface area (Å²) < 4.78 is 6.50. The zero-order valence-electron chi connectivity index (χ0n) is 11.8. The minimum absolute atomic E-state index is 0.0479. The Morgan fingerprint density at radius 3 is 3.05 bits per heavy atom. The summed E-state index contributed by atoms with van der Waals surface area (Å²) in [6, 6.07) is 7.47. The highest BCUT2D eigenvalue weighted by molar-refractivity contribution is 9.10. The molecular weight excluding hydrogens is 334 g/mol. The van der Waals surface area contributed by atoms with Crippen LogP contribution in [0.1, 0.15) is 31.6 Å². The van der Waals surface area contributed by atoms with Crippen LogP contribution in [0, 0.1) is 0 Å². The minimum Gasteiger partial charge on any atom is -0.493 e. The van der Waals surface area contributed by atoms with Gasteiger partial charge in [0.05, 0.1) is 19.1 Å². The lowest BCUT2D eigenvalue weighted by atomic mass is 10.2. The fourth-order valence-corrected chi connectivity index (χ4v) is 2.29. The molecule has 0 fully saturated rings. The molecule has 21 heavy (non-hydrogen) atoms. The van der Waals surface area contributed by atoms with E-state index in [4.69, 9.17) is 4.74 Å². The summed E-state index contributed by atoms with van der Waals surface area (Å²) >= 11 is 3.38. The second-order valence-electron chi connectivity index (χ2n) is 4.56. The predicted molar refractivity (Wildman–Crippen MR) is 84.0 cm³/mol. The van der Waals surface area contributed by atoms with Crippen LogP contribution in [0.4, 0.5) is 0 Å². The van der Waals surface area contributed by atoms with Crippen molar-refractivity contribution in [3.63, 3.8) is 0 Å². The Hall–Kier alpha value is -1.82. The molecule has 0 aliphatic rings. The van der Waals surface area contributed by atoms with E-state index in [0.717, 1.165) is 22.5 Å². The lowest BCUT2D eigenvalue weighted by Gasteiger charge is -2.14. The number of rotatable bonds is 7. The van der Waals surface area contributed by atoms with E-state index in [0.29, 0.717) is 13.0 Å². The van der Waals surface area contributed by atoms with Crippen LogP contribution < -0.4 is 10.1 Å². The van der Waals surface area contributed by atoms with E-state index in [2.05, 4.69) is 31.2 Å². The molecule has 0 saturated heterocycles. The van der Waals surface area contributed by atoms with Gasteiger partial charge in [-0.3, -0.25) is 4.79 Å². The number of aromatic nitrogens is 2. The predicted octanol–water partition coefficient (Wildman–Crippen LogP) is 3.21.